The van der Waals surface area contributed by atoms with Crippen molar-refractivity contribution < 1.29 is 9.59 Å². The molecule has 2 aromatic rings. The third-order valence-electron chi connectivity index (χ3n) is 3.66. The smallest absolute Gasteiger partial charge is 0.294 e. The summed E-state index contributed by atoms with van der Waals surface area (Å²) in [5.74, 6) is -0.449. The fourth-order valence-electron chi connectivity index (χ4n) is 2.61. The van der Waals surface area contributed by atoms with Crippen LogP contribution in [0.4, 0.5) is 10.5 Å². The van der Waals surface area contributed by atoms with E-state index in [0.29, 0.717) is 17.1 Å². The van der Waals surface area contributed by atoms with Crippen molar-refractivity contribution in [2.75, 3.05) is 11.4 Å². The molecular formula is C17H15ClN2O2. The third kappa shape index (κ3) is 2.97. The van der Waals surface area contributed by atoms with Crippen LogP contribution in [0.2, 0.25) is 5.02 Å². The molecule has 0 bridgehead atoms. The van der Waals surface area contributed by atoms with Gasteiger partial charge < -0.3 is 0 Å². The van der Waals surface area contributed by atoms with Gasteiger partial charge in [0.05, 0.1) is 0 Å². The van der Waals surface area contributed by atoms with Gasteiger partial charge in [-0.2, -0.15) is 0 Å². The minimum Gasteiger partial charge on any atom is -0.294 e. The zero-order chi connectivity index (χ0) is 15.5. The van der Waals surface area contributed by atoms with Crippen molar-refractivity contribution in [1.29, 1.82) is 0 Å². The van der Waals surface area contributed by atoms with Crippen LogP contribution in [-0.4, -0.2) is 18.5 Å². The van der Waals surface area contributed by atoms with Crippen LogP contribution in [0.15, 0.2) is 48.5 Å². The summed E-state index contributed by atoms with van der Waals surface area (Å²) in [5.41, 5.74) is 2.36. The molecule has 22 heavy (non-hydrogen) atoms. The van der Waals surface area contributed by atoms with Gasteiger partial charge in [0.15, 0.2) is 0 Å². The van der Waals surface area contributed by atoms with Gasteiger partial charge >= 0.3 is 6.03 Å². The molecule has 1 aliphatic rings. The molecule has 5 heteroatoms. The zero-order valence-electron chi connectivity index (χ0n) is 11.9. The number of hydrogen-bond acceptors (Lipinski definition) is 2. The number of imide groups is 1. The van der Waals surface area contributed by atoms with Gasteiger partial charge in [0, 0.05) is 22.8 Å². The summed E-state index contributed by atoms with van der Waals surface area (Å²) in [5, 5.41) is 2.88. The van der Waals surface area contributed by atoms with E-state index in [1.807, 2.05) is 24.3 Å². The number of amides is 3. The fourth-order valence-corrected chi connectivity index (χ4v) is 2.80. The van der Waals surface area contributed by atoms with Crippen LogP contribution >= 0.6 is 11.6 Å². The number of anilines is 1. The van der Waals surface area contributed by atoms with Crippen LogP contribution < -0.4 is 10.2 Å². The normalized spacial score (nSPS) is 13.4. The van der Waals surface area contributed by atoms with E-state index < -0.39 is 11.9 Å². The zero-order valence-corrected chi connectivity index (χ0v) is 12.6. The molecule has 0 saturated heterocycles. The maximum absolute atomic E-state index is 12.4. The number of urea groups is 1. The fraction of sp³-hybridized carbons (Fsp3) is 0.176. The highest BCUT2D eigenvalue weighted by molar-refractivity contribution is 6.31. The summed E-state index contributed by atoms with van der Waals surface area (Å²) < 4.78 is 0. The lowest BCUT2D eigenvalue weighted by atomic mass is 10.0. The summed E-state index contributed by atoms with van der Waals surface area (Å²) >= 11 is 5.87. The first kappa shape index (κ1) is 14.6. The molecule has 1 heterocycles. The maximum Gasteiger partial charge on any atom is 0.328 e. The number of benzene rings is 2. The molecule has 0 fully saturated rings. The van der Waals surface area contributed by atoms with E-state index in [-0.39, 0.29) is 0 Å². The summed E-state index contributed by atoms with van der Waals surface area (Å²) in [4.78, 5) is 26.1. The second kappa shape index (κ2) is 6.20. The Morgan fingerprint density at radius 3 is 2.73 bits per heavy atom. The molecule has 4 nitrogen and oxygen atoms in total. The van der Waals surface area contributed by atoms with Crippen LogP contribution in [0.5, 0.6) is 0 Å². The summed E-state index contributed by atoms with van der Waals surface area (Å²) in [7, 11) is 0. The number of para-hydroxylation sites is 1. The largest absolute Gasteiger partial charge is 0.328 e. The van der Waals surface area contributed by atoms with E-state index in [4.69, 9.17) is 11.6 Å². The summed E-state index contributed by atoms with van der Waals surface area (Å²) in [6.45, 7) is 0.603. The van der Waals surface area contributed by atoms with E-state index in [1.165, 1.54) is 6.07 Å². The lowest BCUT2D eigenvalue weighted by Gasteiger charge is -2.29. The van der Waals surface area contributed by atoms with Crippen LogP contribution in [-0.2, 0) is 6.42 Å². The van der Waals surface area contributed by atoms with Gasteiger partial charge in [0.2, 0.25) is 0 Å². The molecule has 0 unspecified atom stereocenters. The van der Waals surface area contributed by atoms with Gasteiger partial charge in [0.1, 0.15) is 0 Å². The SMILES string of the molecule is O=C(NC(=O)N1CCCc2ccccc21)c1cccc(Cl)c1. The lowest BCUT2D eigenvalue weighted by Crippen LogP contribution is -2.45. The molecule has 0 atom stereocenters. The van der Waals surface area contributed by atoms with Crippen molar-refractivity contribution in [3.8, 4) is 0 Å². The predicted molar refractivity (Wildman–Crippen MR) is 86.4 cm³/mol. The quantitative estimate of drug-likeness (QED) is 0.873. The molecule has 2 aromatic carbocycles. The summed E-state index contributed by atoms with van der Waals surface area (Å²) in [6, 6.07) is 13.9. The Morgan fingerprint density at radius 2 is 1.91 bits per heavy atom. The van der Waals surface area contributed by atoms with Crippen LogP contribution in [0, 0.1) is 0 Å². The number of rotatable bonds is 1. The van der Waals surface area contributed by atoms with Crippen molar-refractivity contribution in [2.24, 2.45) is 0 Å². The average Bonchev–Trinajstić information content (AvgIpc) is 2.54. The average molecular weight is 315 g/mol. The number of fused-ring (bicyclic) bond motifs is 1. The Balaban J connectivity index is 1.77. The Kier molecular flexibility index (Phi) is 4.11. The molecule has 1 N–H and O–H groups in total. The first-order chi connectivity index (χ1) is 10.6. The Hall–Kier alpha value is -2.33. The highest BCUT2D eigenvalue weighted by Gasteiger charge is 2.23. The number of aryl methyl sites for hydroxylation is 1. The molecule has 112 valence electrons. The first-order valence-electron chi connectivity index (χ1n) is 7.11. The lowest BCUT2D eigenvalue weighted by molar-refractivity contribution is 0.0965. The molecular weight excluding hydrogens is 300 g/mol. The molecule has 1 aliphatic heterocycles. The molecule has 0 aromatic heterocycles. The second-order valence-corrected chi connectivity index (χ2v) is 5.59. The van der Waals surface area contributed by atoms with Gasteiger partial charge in [-0.05, 0) is 42.7 Å². The topological polar surface area (TPSA) is 49.4 Å². The van der Waals surface area contributed by atoms with Gasteiger partial charge in [-0.15, -0.1) is 0 Å². The number of nitrogens with zero attached hydrogens (tertiary/aromatic N) is 1. The number of nitrogens with one attached hydrogen (secondary N) is 1. The van der Waals surface area contributed by atoms with E-state index in [1.54, 1.807) is 23.1 Å². The molecule has 0 saturated carbocycles. The molecule has 0 radical (unpaired) electrons. The second-order valence-electron chi connectivity index (χ2n) is 5.15. The highest BCUT2D eigenvalue weighted by atomic mass is 35.5. The molecule has 0 aliphatic carbocycles. The maximum atomic E-state index is 12.4. The minimum absolute atomic E-state index is 0.367. The monoisotopic (exact) mass is 314 g/mol. The number of carbonyl (C=O) groups excluding carboxylic acids is 2. The molecule has 3 amide bonds. The standard InChI is InChI=1S/C17H15ClN2O2/c18-14-8-3-6-13(11-14)16(21)19-17(22)20-10-4-7-12-5-1-2-9-15(12)20/h1-3,5-6,8-9,11H,4,7,10H2,(H,19,21,22). The Morgan fingerprint density at radius 1 is 1.09 bits per heavy atom. The van der Waals surface area contributed by atoms with Crippen molar-refractivity contribution in [2.45, 2.75) is 12.8 Å². The number of hydrogen-bond donors (Lipinski definition) is 1. The third-order valence-corrected chi connectivity index (χ3v) is 3.90. The predicted octanol–water partition coefficient (Wildman–Crippen LogP) is 3.64. The van der Waals surface area contributed by atoms with Crippen LogP contribution in [0.3, 0.4) is 0 Å². The number of carbonyl (C=O) groups is 2. The van der Waals surface area contributed by atoms with Gasteiger partial charge in [0.25, 0.3) is 5.91 Å². The highest BCUT2D eigenvalue weighted by Crippen LogP contribution is 2.26. The van der Waals surface area contributed by atoms with Crippen molar-refractivity contribution >= 4 is 29.2 Å². The van der Waals surface area contributed by atoms with E-state index in [0.717, 1.165) is 24.1 Å². The van der Waals surface area contributed by atoms with Gasteiger partial charge in [-0.25, -0.2) is 4.79 Å². The molecule has 0 spiro atoms. The minimum atomic E-state index is -0.449. The van der Waals surface area contributed by atoms with E-state index in [2.05, 4.69) is 5.32 Å². The summed E-state index contributed by atoms with van der Waals surface area (Å²) in [6.07, 6.45) is 1.83. The van der Waals surface area contributed by atoms with Crippen molar-refractivity contribution in [3.63, 3.8) is 0 Å². The van der Waals surface area contributed by atoms with Gasteiger partial charge in [-0.3, -0.25) is 15.0 Å². The van der Waals surface area contributed by atoms with Crippen molar-refractivity contribution in [1.82, 2.24) is 5.32 Å². The van der Waals surface area contributed by atoms with E-state index >= 15 is 0 Å². The number of halogens is 1. The Labute approximate surface area is 133 Å². The molecule has 3 rings (SSSR count). The Bertz CT molecular complexity index is 730. The van der Waals surface area contributed by atoms with Crippen LogP contribution in [0.25, 0.3) is 0 Å². The first-order valence-corrected chi connectivity index (χ1v) is 7.49. The van der Waals surface area contributed by atoms with Crippen molar-refractivity contribution in [3.05, 3.63) is 64.7 Å². The van der Waals surface area contributed by atoms with Gasteiger partial charge in [-0.1, -0.05) is 35.9 Å². The van der Waals surface area contributed by atoms with E-state index in [9.17, 15) is 9.59 Å². The van der Waals surface area contributed by atoms with Crippen LogP contribution in [0.1, 0.15) is 22.3 Å².